The summed E-state index contributed by atoms with van der Waals surface area (Å²) in [6.07, 6.45) is 2.12. The summed E-state index contributed by atoms with van der Waals surface area (Å²) in [6, 6.07) is 25.3. The second-order valence-corrected chi connectivity index (χ2v) is 9.88. The van der Waals surface area contributed by atoms with Crippen molar-refractivity contribution in [1.29, 1.82) is 0 Å². The summed E-state index contributed by atoms with van der Waals surface area (Å²) in [5.41, 5.74) is 5.49. The normalized spacial score (nSPS) is 19.7. The molecule has 6 rings (SSSR count). The summed E-state index contributed by atoms with van der Waals surface area (Å²) in [7, 11) is 0. The zero-order valence-corrected chi connectivity index (χ0v) is 20.0. The molecule has 1 aromatic heterocycles. The maximum absolute atomic E-state index is 13.8. The minimum atomic E-state index is -0.490. The summed E-state index contributed by atoms with van der Waals surface area (Å²) in [4.78, 5) is 34.5. The van der Waals surface area contributed by atoms with Gasteiger partial charge in [0.15, 0.2) is 0 Å². The monoisotopic (exact) mass is 483 g/mol. The number of carbonyl (C=O) groups excluding carboxylic acids is 2. The van der Waals surface area contributed by atoms with E-state index in [1.54, 1.807) is 4.90 Å². The lowest BCUT2D eigenvalue weighted by Crippen LogP contribution is -2.62. The molecule has 2 aliphatic heterocycles. The van der Waals surface area contributed by atoms with E-state index >= 15 is 0 Å². The predicted octanol–water partition coefficient (Wildman–Crippen LogP) is 5.29. The number of carbonyl (C=O) groups is 2. The topological polar surface area (TPSA) is 56.4 Å². The highest BCUT2D eigenvalue weighted by Gasteiger charge is 2.47. The van der Waals surface area contributed by atoms with E-state index in [-0.39, 0.29) is 24.4 Å². The number of nitrogens with one attached hydrogen (secondary N) is 1. The first kappa shape index (κ1) is 21.9. The van der Waals surface area contributed by atoms with Crippen LogP contribution in [-0.4, -0.2) is 39.2 Å². The number of benzene rings is 3. The van der Waals surface area contributed by atoms with Crippen LogP contribution in [0.5, 0.6) is 0 Å². The van der Waals surface area contributed by atoms with Gasteiger partial charge < -0.3 is 14.8 Å². The molecule has 1 saturated heterocycles. The zero-order chi connectivity index (χ0) is 23.9. The number of hydrogen-bond acceptors (Lipinski definition) is 2. The van der Waals surface area contributed by atoms with Crippen molar-refractivity contribution in [1.82, 2.24) is 14.8 Å². The molecule has 0 aliphatic carbocycles. The number of hydrogen-bond donors (Lipinski definition) is 1. The van der Waals surface area contributed by atoms with Crippen LogP contribution in [0.15, 0.2) is 78.9 Å². The highest BCUT2D eigenvalue weighted by molar-refractivity contribution is 6.30. The Morgan fingerprint density at radius 2 is 1.63 bits per heavy atom. The number of aromatic nitrogens is 1. The summed E-state index contributed by atoms with van der Waals surface area (Å²) < 4.78 is 0. The molecule has 0 bridgehead atoms. The van der Waals surface area contributed by atoms with Crippen LogP contribution in [0.25, 0.3) is 10.9 Å². The summed E-state index contributed by atoms with van der Waals surface area (Å²) in [6.45, 7) is 0.497. The van der Waals surface area contributed by atoms with Crippen molar-refractivity contribution < 1.29 is 9.59 Å². The van der Waals surface area contributed by atoms with Crippen molar-refractivity contribution >= 4 is 34.3 Å². The predicted molar refractivity (Wildman–Crippen MR) is 137 cm³/mol. The molecule has 4 aromatic rings. The standard InChI is InChI=1S/C29H26ClN3O2/c30-21-13-10-20(11-14-21)17-32-18-27(34)33-25(15-12-19-6-2-1-3-7-19)28-23(16-26(33)29(32)35)22-8-4-5-9-24(22)31-28/h1-11,13-14,25-26,31H,12,15-18H2/t25-,26+/m0/s1. The number of aromatic amines is 1. The van der Waals surface area contributed by atoms with Gasteiger partial charge in [-0.05, 0) is 47.7 Å². The van der Waals surface area contributed by atoms with Crippen LogP contribution in [0.3, 0.4) is 0 Å². The first-order valence-electron chi connectivity index (χ1n) is 12.1. The van der Waals surface area contributed by atoms with Gasteiger partial charge in [-0.3, -0.25) is 9.59 Å². The van der Waals surface area contributed by atoms with E-state index in [2.05, 4.69) is 29.2 Å². The largest absolute Gasteiger partial charge is 0.356 e. The maximum atomic E-state index is 13.8. The third-order valence-electron chi connectivity index (χ3n) is 7.30. The molecule has 3 aromatic carbocycles. The molecule has 1 fully saturated rings. The van der Waals surface area contributed by atoms with Gasteiger partial charge in [0.1, 0.15) is 12.6 Å². The first-order valence-corrected chi connectivity index (χ1v) is 12.4. The molecule has 0 unspecified atom stereocenters. The van der Waals surface area contributed by atoms with Gasteiger partial charge in [0.05, 0.1) is 6.04 Å². The molecule has 2 aliphatic rings. The second kappa shape index (κ2) is 8.90. The van der Waals surface area contributed by atoms with Gasteiger partial charge in [0.2, 0.25) is 11.8 Å². The Hall–Kier alpha value is -3.57. The quantitative estimate of drug-likeness (QED) is 0.419. The molecular formula is C29H26ClN3O2. The lowest BCUT2D eigenvalue weighted by molar-refractivity contribution is -0.160. The van der Waals surface area contributed by atoms with Crippen LogP contribution < -0.4 is 0 Å². The van der Waals surface area contributed by atoms with Crippen molar-refractivity contribution in [2.75, 3.05) is 6.54 Å². The summed E-state index contributed by atoms with van der Waals surface area (Å²) >= 11 is 6.03. The van der Waals surface area contributed by atoms with E-state index in [1.807, 2.05) is 59.5 Å². The highest BCUT2D eigenvalue weighted by atomic mass is 35.5. The minimum absolute atomic E-state index is 0.00549. The van der Waals surface area contributed by atoms with Gasteiger partial charge in [0.25, 0.3) is 0 Å². The van der Waals surface area contributed by atoms with Crippen LogP contribution >= 0.6 is 11.6 Å². The Kier molecular flexibility index (Phi) is 5.57. The number of fused-ring (bicyclic) bond motifs is 4. The van der Waals surface area contributed by atoms with Crippen molar-refractivity contribution in [3.63, 3.8) is 0 Å². The van der Waals surface area contributed by atoms with Crippen molar-refractivity contribution in [2.45, 2.75) is 37.9 Å². The Labute approximate surface area is 209 Å². The van der Waals surface area contributed by atoms with E-state index in [9.17, 15) is 9.59 Å². The number of piperazine rings is 1. The van der Waals surface area contributed by atoms with E-state index in [0.717, 1.165) is 40.6 Å². The third kappa shape index (κ3) is 4.00. The van der Waals surface area contributed by atoms with Crippen LogP contribution in [0.1, 0.15) is 34.8 Å². The smallest absolute Gasteiger partial charge is 0.246 e. The molecule has 0 saturated carbocycles. The van der Waals surface area contributed by atoms with Gasteiger partial charge in [0, 0.05) is 34.6 Å². The number of halogens is 1. The van der Waals surface area contributed by atoms with Crippen LogP contribution in [-0.2, 0) is 29.0 Å². The molecule has 6 heteroatoms. The second-order valence-electron chi connectivity index (χ2n) is 9.44. The lowest BCUT2D eigenvalue weighted by Gasteiger charge is -2.47. The van der Waals surface area contributed by atoms with E-state index in [0.29, 0.717) is 18.0 Å². The fraction of sp³-hybridized carbons (Fsp3) is 0.241. The maximum Gasteiger partial charge on any atom is 0.246 e. The number of rotatable bonds is 5. The van der Waals surface area contributed by atoms with Gasteiger partial charge in [-0.15, -0.1) is 0 Å². The number of H-pyrrole nitrogens is 1. The van der Waals surface area contributed by atoms with Gasteiger partial charge in [-0.1, -0.05) is 72.3 Å². The average molecular weight is 484 g/mol. The zero-order valence-electron chi connectivity index (χ0n) is 19.3. The molecule has 35 heavy (non-hydrogen) atoms. The van der Waals surface area contributed by atoms with Gasteiger partial charge >= 0.3 is 0 Å². The fourth-order valence-corrected chi connectivity index (χ4v) is 5.76. The average Bonchev–Trinajstić information content (AvgIpc) is 3.25. The first-order chi connectivity index (χ1) is 17.1. The summed E-state index contributed by atoms with van der Waals surface area (Å²) in [5, 5.41) is 1.79. The number of amides is 2. The molecule has 1 N–H and O–H groups in total. The lowest BCUT2D eigenvalue weighted by atomic mass is 9.86. The Balaban J connectivity index is 1.35. The molecule has 2 amide bonds. The number of aryl methyl sites for hydroxylation is 1. The molecule has 2 atom stereocenters. The molecule has 176 valence electrons. The van der Waals surface area contributed by atoms with E-state index < -0.39 is 6.04 Å². The third-order valence-corrected chi connectivity index (χ3v) is 7.55. The Bertz CT molecular complexity index is 1400. The van der Waals surface area contributed by atoms with Crippen molar-refractivity contribution in [3.05, 3.63) is 106 Å². The Morgan fingerprint density at radius 3 is 2.43 bits per heavy atom. The van der Waals surface area contributed by atoms with Gasteiger partial charge in [-0.25, -0.2) is 0 Å². The molecule has 0 spiro atoms. The SMILES string of the molecule is O=C1[C@H]2Cc3c([nH]c4ccccc34)[C@H](CCc3ccccc3)N2C(=O)CN1Cc1ccc(Cl)cc1. The Morgan fingerprint density at radius 1 is 0.886 bits per heavy atom. The molecule has 0 radical (unpaired) electrons. The number of nitrogens with zero attached hydrogens (tertiary/aromatic N) is 2. The number of para-hydroxylation sites is 1. The van der Waals surface area contributed by atoms with Crippen molar-refractivity contribution in [3.8, 4) is 0 Å². The summed E-state index contributed by atoms with van der Waals surface area (Å²) in [5.74, 6) is 0.0196. The van der Waals surface area contributed by atoms with Crippen LogP contribution in [0, 0.1) is 0 Å². The minimum Gasteiger partial charge on any atom is -0.356 e. The van der Waals surface area contributed by atoms with E-state index in [4.69, 9.17) is 11.6 Å². The molecule has 5 nitrogen and oxygen atoms in total. The van der Waals surface area contributed by atoms with Gasteiger partial charge in [-0.2, -0.15) is 0 Å². The molecular weight excluding hydrogens is 458 g/mol. The van der Waals surface area contributed by atoms with Crippen LogP contribution in [0.2, 0.25) is 5.02 Å². The van der Waals surface area contributed by atoms with Crippen molar-refractivity contribution in [2.24, 2.45) is 0 Å². The highest BCUT2D eigenvalue weighted by Crippen LogP contribution is 2.41. The van der Waals surface area contributed by atoms with Crippen LogP contribution in [0.4, 0.5) is 0 Å². The van der Waals surface area contributed by atoms with E-state index in [1.165, 1.54) is 5.56 Å². The fourth-order valence-electron chi connectivity index (χ4n) is 5.64. The molecule has 3 heterocycles.